The Hall–Kier alpha value is -4.36. The fourth-order valence-electron chi connectivity index (χ4n) is 5.40. The van der Waals surface area contributed by atoms with Gasteiger partial charge in [0.15, 0.2) is 0 Å². The zero-order chi connectivity index (χ0) is 34.1. The number of hydrogen-bond donors (Lipinski definition) is 4. The first-order chi connectivity index (χ1) is 23.0. The summed E-state index contributed by atoms with van der Waals surface area (Å²) in [5, 5.41) is 12.5. The first-order valence-corrected chi connectivity index (χ1v) is 16.0. The number of aryl methyl sites for hydroxylation is 1. The van der Waals surface area contributed by atoms with E-state index in [9.17, 15) is 22.8 Å². The number of nitrogens with one attached hydrogen (secondary N) is 4. The number of pyridine rings is 2. The monoisotopic (exact) mass is 680 g/mol. The molecule has 4 heterocycles. The minimum Gasteiger partial charge on any atom is -0.371 e. The standard InChI is InChI=1S/C18H20ClN3O.C17H16F3N3O2/c1-12-9-15(10-17(19)21-12)18(23)22-16-6-4-13(5-7-16)14-3-2-8-20-11-14;18-17(19,20)15-6-3-12(9-22-15)16(24)23-13-4-1-11(2-5-13)14-10-21-7-8-25-14/h4-7,9-10,14,20H,2-3,8,11H2,1H3,(H,22,23);1-6,9,14,21H,7-8,10H2,(H,23,24)/t2*14-/m10/s1. The second-order valence-electron chi connectivity index (χ2n) is 11.5. The summed E-state index contributed by atoms with van der Waals surface area (Å²) in [5.74, 6) is -0.135. The minimum atomic E-state index is -4.53. The number of ether oxygens (including phenoxy) is 1. The lowest BCUT2D eigenvalue weighted by molar-refractivity contribution is -0.141. The average Bonchev–Trinajstić information content (AvgIpc) is 3.09. The molecule has 2 aliphatic heterocycles. The number of aromatic nitrogens is 2. The number of amides is 2. The number of morpholine rings is 1. The van der Waals surface area contributed by atoms with Gasteiger partial charge in [0.2, 0.25) is 0 Å². The fraction of sp³-hybridized carbons (Fsp3) is 0.314. The largest absolute Gasteiger partial charge is 0.433 e. The van der Waals surface area contributed by atoms with E-state index in [1.807, 2.05) is 31.2 Å². The Morgan fingerprint density at radius 2 is 1.50 bits per heavy atom. The van der Waals surface area contributed by atoms with Crippen molar-refractivity contribution in [2.75, 3.05) is 43.4 Å². The molecule has 0 unspecified atom stereocenters. The highest BCUT2D eigenvalue weighted by Gasteiger charge is 2.32. The molecule has 4 N–H and O–H groups in total. The highest BCUT2D eigenvalue weighted by Crippen LogP contribution is 2.28. The number of rotatable bonds is 6. The molecule has 2 saturated heterocycles. The maximum atomic E-state index is 12.5. The number of piperidine rings is 1. The maximum Gasteiger partial charge on any atom is 0.433 e. The number of halogens is 4. The number of carbonyl (C=O) groups is 2. The van der Waals surface area contributed by atoms with Crippen LogP contribution in [0.2, 0.25) is 5.15 Å². The zero-order valence-electron chi connectivity index (χ0n) is 26.2. The Morgan fingerprint density at radius 1 is 0.854 bits per heavy atom. The molecular weight excluding hydrogens is 645 g/mol. The number of carbonyl (C=O) groups excluding carboxylic acids is 2. The molecule has 0 spiro atoms. The number of anilines is 2. The van der Waals surface area contributed by atoms with Crippen molar-refractivity contribution in [1.29, 1.82) is 0 Å². The van der Waals surface area contributed by atoms with Gasteiger partial charge in [-0.3, -0.25) is 14.6 Å². The van der Waals surface area contributed by atoms with Crippen molar-refractivity contribution in [3.8, 4) is 0 Å². The van der Waals surface area contributed by atoms with Crippen molar-refractivity contribution in [1.82, 2.24) is 20.6 Å². The summed E-state index contributed by atoms with van der Waals surface area (Å²) in [6, 6.07) is 20.4. The SMILES string of the molecule is Cc1cc(C(=O)Nc2ccc([C@@H]3CCCNC3)cc2)cc(Cl)n1.O=C(Nc1ccc([C@@H]2CNCCO2)cc1)c1ccc(C(F)(F)F)nc1. The van der Waals surface area contributed by atoms with Gasteiger partial charge in [0.25, 0.3) is 11.8 Å². The van der Waals surface area contributed by atoms with Crippen molar-refractivity contribution in [3.63, 3.8) is 0 Å². The molecule has 6 rings (SSSR count). The first-order valence-electron chi connectivity index (χ1n) is 15.6. The van der Waals surface area contributed by atoms with Gasteiger partial charge in [-0.15, -0.1) is 0 Å². The third kappa shape index (κ3) is 9.83. The maximum absolute atomic E-state index is 12.5. The van der Waals surface area contributed by atoms with Crippen LogP contribution in [0.3, 0.4) is 0 Å². The van der Waals surface area contributed by atoms with Crippen molar-refractivity contribution in [2.45, 2.75) is 38.0 Å². The number of alkyl halides is 3. The second-order valence-corrected chi connectivity index (χ2v) is 11.9. The van der Waals surface area contributed by atoms with Gasteiger partial charge >= 0.3 is 6.18 Å². The third-order valence-corrected chi connectivity index (χ3v) is 8.10. The summed E-state index contributed by atoms with van der Waals surface area (Å²) in [5.41, 5.74) is 3.89. The van der Waals surface area contributed by atoms with Gasteiger partial charge < -0.3 is 26.0 Å². The van der Waals surface area contributed by atoms with E-state index in [0.29, 0.717) is 28.9 Å². The molecule has 252 valence electrons. The molecule has 2 atom stereocenters. The van der Waals surface area contributed by atoms with E-state index in [-0.39, 0.29) is 17.6 Å². The molecule has 0 aliphatic carbocycles. The summed E-state index contributed by atoms with van der Waals surface area (Å²) in [7, 11) is 0. The predicted molar refractivity (Wildman–Crippen MR) is 178 cm³/mol. The second kappa shape index (κ2) is 16.2. The van der Waals surface area contributed by atoms with E-state index < -0.39 is 17.8 Å². The van der Waals surface area contributed by atoms with Gasteiger partial charge in [0.05, 0.1) is 18.3 Å². The van der Waals surface area contributed by atoms with Gasteiger partial charge in [-0.2, -0.15) is 13.2 Å². The van der Waals surface area contributed by atoms with E-state index in [0.717, 1.165) is 61.5 Å². The molecule has 2 aromatic heterocycles. The third-order valence-electron chi connectivity index (χ3n) is 7.91. The molecule has 0 radical (unpaired) electrons. The molecule has 4 aromatic rings. The zero-order valence-corrected chi connectivity index (χ0v) is 27.0. The lowest BCUT2D eigenvalue weighted by Gasteiger charge is -2.24. The van der Waals surface area contributed by atoms with Crippen LogP contribution in [0, 0.1) is 6.92 Å². The van der Waals surface area contributed by atoms with E-state index in [1.54, 1.807) is 24.3 Å². The number of nitrogens with zero attached hydrogens (tertiary/aromatic N) is 2. The number of benzene rings is 2. The Kier molecular flexibility index (Phi) is 11.8. The molecule has 13 heteroatoms. The molecule has 2 amide bonds. The summed E-state index contributed by atoms with van der Waals surface area (Å²) >= 11 is 5.91. The topological polar surface area (TPSA) is 117 Å². The Morgan fingerprint density at radius 3 is 2.04 bits per heavy atom. The Bertz CT molecular complexity index is 1650. The van der Waals surface area contributed by atoms with E-state index in [1.165, 1.54) is 18.4 Å². The minimum absolute atomic E-state index is 0.0300. The Labute approximate surface area is 281 Å². The van der Waals surface area contributed by atoms with Crippen LogP contribution in [-0.4, -0.2) is 54.6 Å². The van der Waals surface area contributed by atoms with Crippen LogP contribution < -0.4 is 21.3 Å². The fourth-order valence-corrected chi connectivity index (χ4v) is 5.65. The molecule has 0 saturated carbocycles. The first kappa shape index (κ1) is 35.0. The summed E-state index contributed by atoms with van der Waals surface area (Å²) in [6.45, 7) is 6.15. The van der Waals surface area contributed by atoms with Crippen LogP contribution in [0.4, 0.5) is 24.5 Å². The van der Waals surface area contributed by atoms with Crippen LogP contribution in [0.1, 0.15) is 68.1 Å². The summed E-state index contributed by atoms with van der Waals surface area (Å²) < 4.78 is 43.1. The molecule has 48 heavy (non-hydrogen) atoms. The molecule has 2 aromatic carbocycles. The van der Waals surface area contributed by atoms with Crippen molar-refractivity contribution >= 4 is 34.8 Å². The van der Waals surface area contributed by atoms with Crippen LogP contribution >= 0.6 is 11.6 Å². The van der Waals surface area contributed by atoms with Gasteiger partial charge in [0, 0.05) is 48.5 Å². The predicted octanol–water partition coefficient (Wildman–Crippen LogP) is 6.78. The normalized spacial score (nSPS) is 17.9. The van der Waals surface area contributed by atoms with Gasteiger partial charge in [-0.05, 0) is 91.9 Å². The van der Waals surface area contributed by atoms with Crippen molar-refractivity contribution in [2.24, 2.45) is 0 Å². The van der Waals surface area contributed by atoms with E-state index in [4.69, 9.17) is 16.3 Å². The lowest BCUT2D eigenvalue weighted by Crippen LogP contribution is -2.33. The van der Waals surface area contributed by atoms with Crippen molar-refractivity contribution in [3.05, 3.63) is 118 Å². The highest BCUT2D eigenvalue weighted by molar-refractivity contribution is 6.29. The molecule has 2 aliphatic rings. The van der Waals surface area contributed by atoms with Gasteiger partial charge in [-0.25, -0.2) is 4.98 Å². The molecular formula is C35H36ClF3N6O3. The average molecular weight is 681 g/mol. The smallest absolute Gasteiger partial charge is 0.371 e. The van der Waals surface area contributed by atoms with Crippen LogP contribution in [-0.2, 0) is 10.9 Å². The van der Waals surface area contributed by atoms with Crippen molar-refractivity contribution < 1.29 is 27.5 Å². The highest BCUT2D eigenvalue weighted by atomic mass is 35.5. The summed E-state index contributed by atoms with van der Waals surface area (Å²) in [6.07, 6.45) is -1.22. The lowest BCUT2D eigenvalue weighted by atomic mass is 9.91. The summed E-state index contributed by atoms with van der Waals surface area (Å²) in [4.78, 5) is 31.7. The van der Waals surface area contributed by atoms with Crippen LogP contribution in [0.15, 0.2) is 79.0 Å². The molecule has 9 nitrogen and oxygen atoms in total. The Balaban J connectivity index is 0.000000188. The molecule has 2 fully saturated rings. The van der Waals surface area contributed by atoms with Crippen LogP contribution in [0.25, 0.3) is 0 Å². The van der Waals surface area contributed by atoms with Crippen LogP contribution in [0.5, 0.6) is 0 Å². The van der Waals surface area contributed by atoms with E-state index >= 15 is 0 Å². The van der Waals surface area contributed by atoms with E-state index in [2.05, 4.69) is 43.4 Å². The van der Waals surface area contributed by atoms with Gasteiger partial charge in [-0.1, -0.05) is 35.9 Å². The molecule has 0 bridgehead atoms. The number of hydrogen-bond acceptors (Lipinski definition) is 7. The van der Waals surface area contributed by atoms with Gasteiger partial charge in [0.1, 0.15) is 10.8 Å². The quantitative estimate of drug-likeness (QED) is 0.166.